The molecule has 0 aromatic heterocycles. The molecule has 0 saturated carbocycles. The zero-order valence-corrected chi connectivity index (χ0v) is 16.7. The number of hydrogen-bond acceptors (Lipinski definition) is 4. The van der Waals surface area contributed by atoms with Crippen molar-refractivity contribution in [3.63, 3.8) is 0 Å². The topological polar surface area (TPSA) is 36.9 Å². The summed E-state index contributed by atoms with van der Waals surface area (Å²) in [4.78, 5) is 0. The predicted molar refractivity (Wildman–Crippen MR) is 105 cm³/mol. The Bertz CT molecular complexity index is 694. The van der Waals surface area contributed by atoms with Gasteiger partial charge in [0.05, 0.1) is 25.4 Å². The van der Waals surface area contributed by atoms with Gasteiger partial charge in [0.15, 0.2) is 12.5 Å². The van der Waals surface area contributed by atoms with Crippen molar-refractivity contribution in [1.82, 2.24) is 0 Å². The molecule has 4 nitrogen and oxygen atoms in total. The molecule has 0 radical (unpaired) electrons. The van der Waals surface area contributed by atoms with Gasteiger partial charge in [0.2, 0.25) is 0 Å². The van der Waals surface area contributed by atoms with Crippen LogP contribution in [0.15, 0.2) is 60.7 Å². The molecule has 0 aliphatic carbocycles. The standard InChI is InChI=1S/C23H29FO4/c1-16(2)27-23-20(24)22(26-15-19-12-8-5-9-13-19)21(17(3)28-23)25-14-18-10-6-4-7-11-18/h4-13,16-17,20-23H,14-15H2,1-3H3/t17-,20-,21-,22-,23+/m0/s1. The van der Waals surface area contributed by atoms with Gasteiger partial charge in [-0.2, -0.15) is 0 Å². The van der Waals surface area contributed by atoms with Gasteiger partial charge >= 0.3 is 0 Å². The maximum Gasteiger partial charge on any atom is 0.192 e. The fraction of sp³-hybridized carbons (Fsp3) is 0.478. The van der Waals surface area contributed by atoms with E-state index in [9.17, 15) is 0 Å². The van der Waals surface area contributed by atoms with Crippen LogP contribution in [-0.2, 0) is 32.2 Å². The molecule has 1 aliphatic heterocycles. The molecule has 0 amide bonds. The highest BCUT2D eigenvalue weighted by atomic mass is 19.1. The lowest BCUT2D eigenvalue weighted by Gasteiger charge is -2.42. The summed E-state index contributed by atoms with van der Waals surface area (Å²) in [5, 5.41) is 0. The van der Waals surface area contributed by atoms with Crippen LogP contribution >= 0.6 is 0 Å². The summed E-state index contributed by atoms with van der Waals surface area (Å²) in [7, 11) is 0. The van der Waals surface area contributed by atoms with Gasteiger partial charge in [0.1, 0.15) is 12.2 Å². The summed E-state index contributed by atoms with van der Waals surface area (Å²) < 4.78 is 38.8. The van der Waals surface area contributed by atoms with Crippen molar-refractivity contribution in [1.29, 1.82) is 0 Å². The van der Waals surface area contributed by atoms with Crippen LogP contribution in [0, 0.1) is 0 Å². The van der Waals surface area contributed by atoms with Crippen LogP contribution in [0.4, 0.5) is 4.39 Å². The molecule has 1 fully saturated rings. The third-order valence-electron chi connectivity index (χ3n) is 4.69. The quantitative estimate of drug-likeness (QED) is 0.659. The minimum Gasteiger partial charge on any atom is -0.368 e. The highest BCUT2D eigenvalue weighted by molar-refractivity contribution is 5.14. The van der Waals surface area contributed by atoms with Gasteiger partial charge in [0, 0.05) is 0 Å². The van der Waals surface area contributed by atoms with E-state index in [1.807, 2.05) is 81.4 Å². The van der Waals surface area contributed by atoms with E-state index in [1.54, 1.807) is 0 Å². The number of rotatable bonds is 8. The molecule has 1 heterocycles. The van der Waals surface area contributed by atoms with Crippen molar-refractivity contribution >= 4 is 0 Å². The maximum atomic E-state index is 15.3. The summed E-state index contributed by atoms with van der Waals surface area (Å²) in [6, 6.07) is 19.5. The minimum atomic E-state index is -1.44. The second-order valence-corrected chi connectivity index (χ2v) is 7.36. The number of alkyl halides is 1. The van der Waals surface area contributed by atoms with Crippen molar-refractivity contribution in [3.8, 4) is 0 Å². The van der Waals surface area contributed by atoms with E-state index in [2.05, 4.69) is 0 Å². The summed E-state index contributed by atoms with van der Waals surface area (Å²) in [5.74, 6) is 0. The van der Waals surface area contributed by atoms with E-state index in [0.717, 1.165) is 11.1 Å². The molecule has 28 heavy (non-hydrogen) atoms. The van der Waals surface area contributed by atoms with Crippen LogP contribution in [0.3, 0.4) is 0 Å². The van der Waals surface area contributed by atoms with Gasteiger partial charge in [0.25, 0.3) is 0 Å². The number of benzene rings is 2. The normalized spacial score (nSPS) is 27.8. The van der Waals surface area contributed by atoms with Crippen molar-refractivity contribution in [2.75, 3.05) is 0 Å². The third kappa shape index (κ3) is 5.61. The summed E-state index contributed by atoms with van der Waals surface area (Å²) in [6.07, 6.45) is -4.23. The Morgan fingerprint density at radius 2 is 1.36 bits per heavy atom. The lowest BCUT2D eigenvalue weighted by Crippen LogP contribution is -2.57. The van der Waals surface area contributed by atoms with Gasteiger partial charge in [-0.1, -0.05) is 60.7 Å². The van der Waals surface area contributed by atoms with Crippen molar-refractivity contribution < 1.29 is 23.3 Å². The first-order chi connectivity index (χ1) is 13.5. The van der Waals surface area contributed by atoms with E-state index in [0.29, 0.717) is 13.2 Å². The second-order valence-electron chi connectivity index (χ2n) is 7.36. The molecule has 0 N–H and O–H groups in total. The van der Waals surface area contributed by atoms with E-state index in [1.165, 1.54) is 0 Å². The lowest BCUT2D eigenvalue weighted by molar-refractivity contribution is -0.302. The molecule has 2 aromatic carbocycles. The molecule has 1 aliphatic rings. The van der Waals surface area contributed by atoms with Crippen LogP contribution in [0.2, 0.25) is 0 Å². The first kappa shape index (κ1) is 20.9. The Morgan fingerprint density at radius 1 is 0.857 bits per heavy atom. The fourth-order valence-corrected chi connectivity index (χ4v) is 3.29. The number of ether oxygens (including phenoxy) is 4. The number of halogens is 1. The Hall–Kier alpha value is -1.79. The van der Waals surface area contributed by atoms with Crippen LogP contribution in [-0.4, -0.2) is 36.9 Å². The molecule has 0 bridgehead atoms. The summed E-state index contributed by atoms with van der Waals surface area (Å²) >= 11 is 0. The molecule has 5 atom stereocenters. The van der Waals surface area contributed by atoms with Crippen LogP contribution in [0.1, 0.15) is 31.9 Å². The SMILES string of the molecule is CC(C)O[C@@H]1O[C@@H](C)[C@H](OCc2ccccc2)[C@@H](OCc2ccccc2)[C@@H]1F. The van der Waals surface area contributed by atoms with Crippen molar-refractivity contribution in [3.05, 3.63) is 71.8 Å². The molecule has 2 aromatic rings. The highest BCUT2D eigenvalue weighted by Crippen LogP contribution is 2.30. The minimum absolute atomic E-state index is 0.146. The van der Waals surface area contributed by atoms with Crippen molar-refractivity contribution in [2.45, 2.75) is 70.9 Å². The predicted octanol–water partition coefficient (Wildman–Crippen LogP) is 4.67. The molecular weight excluding hydrogens is 359 g/mol. The zero-order chi connectivity index (χ0) is 19.9. The lowest BCUT2D eigenvalue weighted by atomic mass is 10.00. The first-order valence-electron chi connectivity index (χ1n) is 9.80. The van der Waals surface area contributed by atoms with E-state index < -0.39 is 24.7 Å². The second kappa shape index (κ2) is 10.1. The molecular formula is C23H29FO4. The maximum absolute atomic E-state index is 15.3. The largest absolute Gasteiger partial charge is 0.368 e. The first-order valence-corrected chi connectivity index (χ1v) is 9.80. The molecule has 1 saturated heterocycles. The summed E-state index contributed by atoms with van der Waals surface area (Å²) in [5.41, 5.74) is 2.00. The molecule has 0 unspecified atom stereocenters. The highest BCUT2D eigenvalue weighted by Gasteiger charge is 2.47. The Balaban J connectivity index is 1.71. The molecule has 5 heteroatoms. The Labute approximate surface area is 166 Å². The summed E-state index contributed by atoms with van der Waals surface area (Å²) in [6.45, 7) is 6.26. The van der Waals surface area contributed by atoms with Gasteiger partial charge in [-0.05, 0) is 31.9 Å². The van der Waals surface area contributed by atoms with E-state index >= 15 is 4.39 Å². The average Bonchev–Trinajstić information content (AvgIpc) is 2.69. The van der Waals surface area contributed by atoms with Crippen LogP contribution < -0.4 is 0 Å². The van der Waals surface area contributed by atoms with Crippen molar-refractivity contribution in [2.24, 2.45) is 0 Å². The molecule has 152 valence electrons. The van der Waals surface area contributed by atoms with Gasteiger partial charge in [-0.15, -0.1) is 0 Å². The fourth-order valence-electron chi connectivity index (χ4n) is 3.29. The van der Waals surface area contributed by atoms with Gasteiger partial charge in [-0.3, -0.25) is 0 Å². The Kier molecular flexibility index (Phi) is 7.57. The molecule has 0 spiro atoms. The third-order valence-corrected chi connectivity index (χ3v) is 4.69. The van der Waals surface area contributed by atoms with Gasteiger partial charge < -0.3 is 18.9 Å². The van der Waals surface area contributed by atoms with E-state index in [-0.39, 0.29) is 12.2 Å². The zero-order valence-electron chi connectivity index (χ0n) is 16.7. The number of hydrogen-bond donors (Lipinski definition) is 0. The van der Waals surface area contributed by atoms with Crippen LogP contribution in [0.5, 0.6) is 0 Å². The van der Waals surface area contributed by atoms with Gasteiger partial charge in [-0.25, -0.2) is 4.39 Å². The molecule has 3 rings (SSSR count). The van der Waals surface area contributed by atoms with Crippen LogP contribution in [0.25, 0.3) is 0 Å². The Morgan fingerprint density at radius 3 is 1.86 bits per heavy atom. The smallest absolute Gasteiger partial charge is 0.192 e. The average molecular weight is 388 g/mol. The monoisotopic (exact) mass is 388 g/mol. The van der Waals surface area contributed by atoms with E-state index in [4.69, 9.17) is 18.9 Å².